The van der Waals surface area contributed by atoms with Crippen molar-refractivity contribution in [1.82, 2.24) is 10.1 Å². The Balaban J connectivity index is 1.58. The first-order chi connectivity index (χ1) is 16.4. The van der Waals surface area contributed by atoms with Gasteiger partial charge in [-0.3, -0.25) is 4.90 Å². The molecule has 34 heavy (non-hydrogen) atoms. The molecule has 3 aromatic carbocycles. The number of hydrogen-bond acceptors (Lipinski definition) is 7. The fourth-order valence-electron chi connectivity index (χ4n) is 3.69. The molecule has 1 aliphatic heterocycles. The first kappa shape index (κ1) is 21.6. The molecule has 0 radical (unpaired) electrons. The maximum atomic E-state index is 13.6. The first-order valence-electron chi connectivity index (χ1n) is 10.1. The lowest BCUT2D eigenvalue weighted by atomic mass is 10.2. The zero-order valence-corrected chi connectivity index (χ0v) is 18.6. The monoisotopic (exact) mass is 480 g/mol. The molecule has 0 bridgehead atoms. The lowest BCUT2D eigenvalue weighted by Crippen LogP contribution is -2.50. The number of fused-ring (bicyclic) bond motifs is 1. The highest BCUT2D eigenvalue weighted by atomic mass is 32.2. The van der Waals surface area contributed by atoms with E-state index in [0.29, 0.717) is 9.87 Å². The van der Waals surface area contributed by atoms with E-state index in [9.17, 15) is 17.6 Å². The van der Waals surface area contributed by atoms with Crippen LogP contribution in [0.4, 0.5) is 20.6 Å². The molecule has 0 saturated heterocycles. The molecule has 2 heterocycles. The molecule has 0 spiro atoms. The number of para-hydroxylation sites is 3. The number of nitrogens with zero attached hydrogens (tertiary/aromatic N) is 4. The Bertz CT molecular complexity index is 1500. The second-order valence-corrected chi connectivity index (χ2v) is 9.05. The Labute approximate surface area is 194 Å². The van der Waals surface area contributed by atoms with Gasteiger partial charge >= 0.3 is 6.03 Å². The summed E-state index contributed by atoms with van der Waals surface area (Å²) in [7, 11) is -2.84. The Morgan fingerprint density at radius 1 is 1.00 bits per heavy atom. The van der Waals surface area contributed by atoms with Crippen molar-refractivity contribution in [3.05, 3.63) is 84.5 Å². The standard InChI is InChI=1S/C23H17FN4O5S/c1-32-19-11-4-2-9-17(19)28-23(29)27(18-10-3-5-12-20(18)34(28,30)31)14-21-25-22(26-33-21)15-7-6-8-16(24)13-15/h2-13H,14H2,1H3. The third kappa shape index (κ3) is 3.55. The lowest BCUT2D eigenvalue weighted by Gasteiger charge is -2.35. The molecule has 4 aromatic rings. The molecule has 9 nitrogen and oxygen atoms in total. The summed E-state index contributed by atoms with van der Waals surface area (Å²) in [5.41, 5.74) is 0.642. The van der Waals surface area contributed by atoms with Gasteiger partial charge in [-0.15, -0.1) is 0 Å². The Kier molecular flexibility index (Phi) is 5.25. The molecule has 0 fully saturated rings. The number of methoxy groups -OCH3 is 1. The third-order valence-electron chi connectivity index (χ3n) is 5.23. The first-order valence-corrected chi connectivity index (χ1v) is 11.5. The van der Waals surface area contributed by atoms with Gasteiger partial charge in [0.05, 0.1) is 12.8 Å². The van der Waals surface area contributed by atoms with Crippen molar-refractivity contribution in [2.24, 2.45) is 0 Å². The lowest BCUT2D eigenvalue weighted by molar-refractivity contribution is 0.252. The smallest absolute Gasteiger partial charge is 0.343 e. The highest BCUT2D eigenvalue weighted by molar-refractivity contribution is 7.94. The van der Waals surface area contributed by atoms with E-state index in [1.807, 2.05) is 0 Å². The summed E-state index contributed by atoms with van der Waals surface area (Å²) < 4.78 is 51.7. The molecule has 0 saturated carbocycles. The van der Waals surface area contributed by atoms with Gasteiger partial charge in [-0.25, -0.2) is 17.6 Å². The number of aromatic nitrogens is 2. The van der Waals surface area contributed by atoms with E-state index in [1.54, 1.807) is 36.4 Å². The van der Waals surface area contributed by atoms with Gasteiger partial charge < -0.3 is 9.26 Å². The van der Waals surface area contributed by atoms with E-state index in [0.717, 1.165) is 0 Å². The van der Waals surface area contributed by atoms with Gasteiger partial charge in [0.15, 0.2) is 0 Å². The van der Waals surface area contributed by atoms with Crippen LogP contribution in [0.3, 0.4) is 0 Å². The second kappa shape index (κ2) is 8.27. The predicted molar refractivity (Wildman–Crippen MR) is 120 cm³/mol. The summed E-state index contributed by atoms with van der Waals surface area (Å²) in [6, 6.07) is 17.3. The van der Waals surface area contributed by atoms with Crippen LogP contribution < -0.4 is 13.9 Å². The molecule has 11 heteroatoms. The largest absolute Gasteiger partial charge is 0.495 e. The van der Waals surface area contributed by atoms with Crippen LogP contribution in [0.2, 0.25) is 0 Å². The van der Waals surface area contributed by atoms with Crippen LogP contribution in [0, 0.1) is 5.82 Å². The average molecular weight is 480 g/mol. The Hall–Kier alpha value is -4.25. The number of carbonyl (C=O) groups is 1. The Morgan fingerprint density at radius 2 is 1.74 bits per heavy atom. The van der Waals surface area contributed by atoms with Gasteiger partial charge in [0.1, 0.15) is 28.7 Å². The molecule has 5 rings (SSSR count). The molecular weight excluding hydrogens is 463 g/mol. The number of halogens is 1. The van der Waals surface area contributed by atoms with Crippen molar-refractivity contribution in [1.29, 1.82) is 0 Å². The van der Waals surface area contributed by atoms with Crippen LogP contribution in [-0.2, 0) is 16.6 Å². The van der Waals surface area contributed by atoms with Gasteiger partial charge in [-0.1, -0.05) is 41.6 Å². The van der Waals surface area contributed by atoms with E-state index in [1.165, 1.54) is 48.4 Å². The Morgan fingerprint density at radius 3 is 2.50 bits per heavy atom. The summed E-state index contributed by atoms with van der Waals surface area (Å²) in [6.07, 6.45) is 0. The number of benzene rings is 3. The molecule has 0 aliphatic carbocycles. The van der Waals surface area contributed by atoms with Gasteiger partial charge in [0, 0.05) is 5.56 Å². The zero-order chi connectivity index (χ0) is 23.9. The maximum Gasteiger partial charge on any atom is 0.343 e. The van der Waals surface area contributed by atoms with E-state index < -0.39 is 21.9 Å². The van der Waals surface area contributed by atoms with E-state index in [4.69, 9.17) is 9.26 Å². The molecule has 0 N–H and O–H groups in total. The van der Waals surface area contributed by atoms with Gasteiger partial charge in [0.25, 0.3) is 10.0 Å². The van der Waals surface area contributed by atoms with Gasteiger partial charge in [-0.2, -0.15) is 9.29 Å². The average Bonchev–Trinajstić information content (AvgIpc) is 3.31. The minimum Gasteiger partial charge on any atom is -0.495 e. The zero-order valence-electron chi connectivity index (χ0n) is 17.8. The van der Waals surface area contributed by atoms with Crippen LogP contribution in [0.15, 0.2) is 82.2 Å². The third-order valence-corrected chi connectivity index (χ3v) is 6.96. The van der Waals surface area contributed by atoms with Crippen molar-refractivity contribution in [2.45, 2.75) is 11.4 Å². The summed E-state index contributed by atoms with van der Waals surface area (Å²) in [5, 5.41) is 3.86. The summed E-state index contributed by atoms with van der Waals surface area (Å²) in [4.78, 5) is 19.0. The van der Waals surface area contributed by atoms with E-state index in [-0.39, 0.29) is 40.3 Å². The normalized spacial score (nSPS) is 14.7. The van der Waals surface area contributed by atoms with Crippen molar-refractivity contribution in [3.63, 3.8) is 0 Å². The summed E-state index contributed by atoms with van der Waals surface area (Å²) >= 11 is 0. The van der Waals surface area contributed by atoms with Crippen molar-refractivity contribution in [3.8, 4) is 17.1 Å². The number of rotatable bonds is 5. The number of sulfonamides is 1. The fourth-order valence-corrected chi connectivity index (χ4v) is 5.30. The topological polar surface area (TPSA) is 106 Å². The number of hydrogen-bond donors (Lipinski definition) is 0. The SMILES string of the molecule is COc1ccccc1N1C(=O)N(Cc2nc(-c3cccc(F)c3)no2)c2ccccc2S1(=O)=O. The molecule has 0 unspecified atom stereocenters. The van der Waals surface area contributed by atoms with Crippen molar-refractivity contribution >= 4 is 27.4 Å². The number of urea groups is 1. The molecule has 172 valence electrons. The number of amides is 2. The minimum absolute atomic E-state index is 0.0432. The summed E-state index contributed by atoms with van der Waals surface area (Å²) in [6.45, 7) is -0.209. The molecule has 1 aromatic heterocycles. The van der Waals surface area contributed by atoms with E-state index in [2.05, 4.69) is 10.1 Å². The van der Waals surface area contributed by atoms with Crippen molar-refractivity contribution < 1.29 is 26.9 Å². The van der Waals surface area contributed by atoms with Crippen LogP contribution in [-0.4, -0.2) is 31.7 Å². The number of carbonyl (C=O) groups excluding carboxylic acids is 1. The minimum atomic E-state index is -4.23. The fraction of sp³-hybridized carbons (Fsp3) is 0.0870. The van der Waals surface area contributed by atoms with E-state index >= 15 is 0 Å². The van der Waals surface area contributed by atoms with Crippen LogP contribution in [0.5, 0.6) is 5.75 Å². The molecular formula is C23H17FN4O5S. The van der Waals surface area contributed by atoms with Crippen LogP contribution in [0.1, 0.15) is 5.89 Å². The quantitative estimate of drug-likeness (QED) is 0.421. The number of anilines is 2. The molecule has 0 atom stereocenters. The van der Waals surface area contributed by atoms with Crippen LogP contribution >= 0.6 is 0 Å². The maximum absolute atomic E-state index is 13.6. The molecule has 1 aliphatic rings. The second-order valence-electron chi connectivity index (χ2n) is 7.30. The number of ether oxygens (including phenoxy) is 1. The highest BCUT2D eigenvalue weighted by Crippen LogP contribution is 2.40. The van der Waals surface area contributed by atoms with Crippen molar-refractivity contribution in [2.75, 3.05) is 16.3 Å². The highest BCUT2D eigenvalue weighted by Gasteiger charge is 2.44. The van der Waals surface area contributed by atoms with Gasteiger partial charge in [0.2, 0.25) is 11.7 Å². The molecule has 2 amide bonds. The van der Waals surface area contributed by atoms with Crippen LogP contribution in [0.25, 0.3) is 11.4 Å². The predicted octanol–water partition coefficient (Wildman–Crippen LogP) is 4.22. The van der Waals surface area contributed by atoms with Gasteiger partial charge in [-0.05, 0) is 36.4 Å². The summed E-state index contributed by atoms with van der Waals surface area (Å²) in [5.74, 6) is -0.0604.